The Kier molecular flexibility index (Phi) is 4.47. The van der Waals surface area contributed by atoms with Crippen molar-refractivity contribution in [1.29, 1.82) is 0 Å². The quantitative estimate of drug-likeness (QED) is 0.789. The summed E-state index contributed by atoms with van der Waals surface area (Å²) in [5.74, 6) is -1.33. The predicted molar refractivity (Wildman–Crippen MR) is 83.5 cm³/mol. The van der Waals surface area contributed by atoms with Gasteiger partial charge in [-0.3, -0.25) is 4.79 Å². The Morgan fingerprint density at radius 3 is 2.71 bits per heavy atom. The SMILES string of the molecule is CCCc1cc(C(=O)Nc2c[nH]c(C)c2C(=O)O)sc1C. The van der Waals surface area contributed by atoms with Crippen molar-refractivity contribution in [2.75, 3.05) is 5.32 Å². The van der Waals surface area contributed by atoms with E-state index in [-0.39, 0.29) is 11.5 Å². The molecule has 0 spiro atoms. The maximum atomic E-state index is 12.3. The van der Waals surface area contributed by atoms with E-state index in [0.29, 0.717) is 16.3 Å². The van der Waals surface area contributed by atoms with Crippen LogP contribution in [-0.2, 0) is 6.42 Å². The number of carboxylic acids is 1. The molecule has 0 radical (unpaired) electrons. The van der Waals surface area contributed by atoms with E-state index in [9.17, 15) is 9.59 Å². The number of hydrogen-bond donors (Lipinski definition) is 3. The number of amides is 1. The number of aromatic amines is 1. The summed E-state index contributed by atoms with van der Waals surface area (Å²) in [5.41, 5.74) is 2.10. The molecule has 3 N–H and O–H groups in total. The summed E-state index contributed by atoms with van der Waals surface area (Å²) in [5, 5.41) is 11.8. The number of anilines is 1. The maximum absolute atomic E-state index is 12.3. The molecule has 0 fully saturated rings. The highest BCUT2D eigenvalue weighted by Crippen LogP contribution is 2.25. The smallest absolute Gasteiger partial charge is 0.339 e. The van der Waals surface area contributed by atoms with Gasteiger partial charge in [0.2, 0.25) is 0 Å². The van der Waals surface area contributed by atoms with Crippen molar-refractivity contribution in [2.24, 2.45) is 0 Å². The molecule has 2 rings (SSSR count). The number of H-pyrrole nitrogens is 1. The van der Waals surface area contributed by atoms with E-state index in [2.05, 4.69) is 17.2 Å². The Morgan fingerprint density at radius 2 is 2.10 bits per heavy atom. The normalized spacial score (nSPS) is 10.6. The summed E-state index contributed by atoms with van der Waals surface area (Å²) < 4.78 is 0. The van der Waals surface area contributed by atoms with Gasteiger partial charge in [0.15, 0.2) is 0 Å². The highest BCUT2D eigenvalue weighted by molar-refractivity contribution is 7.14. The van der Waals surface area contributed by atoms with Gasteiger partial charge in [-0.05, 0) is 31.9 Å². The van der Waals surface area contributed by atoms with E-state index < -0.39 is 5.97 Å². The van der Waals surface area contributed by atoms with Gasteiger partial charge in [0.1, 0.15) is 5.56 Å². The third-order valence-corrected chi connectivity index (χ3v) is 4.39. The highest BCUT2D eigenvalue weighted by Gasteiger charge is 2.19. The second-order valence-electron chi connectivity index (χ2n) is 4.90. The molecular weight excluding hydrogens is 288 g/mol. The van der Waals surface area contributed by atoms with Gasteiger partial charge in [-0.2, -0.15) is 0 Å². The molecule has 0 saturated carbocycles. The number of aromatic nitrogens is 1. The van der Waals surface area contributed by atoms with Crippen molar-refractivity contribution in [3.8, 4) is 0 Å². The van der Waals surface area contributed by atoms with Gasteiger partial charge in [0.25, 0.3) is 5.91 Å². The van der Waals surface area contributed by atoms with Crippen LogP contribution in [0.25, 0.3) is 0 Å². The fraction of sp³-hybridized carbons (Fsp3) is 0.333. The zero-order valence-electron chi connectivity index (χ0n) is 12.2. The van der Waals surface area contributed by atoms with E-state index in [4.69, 9.17) is 5.11 Å². The van der Waals surface area contributed by atoms with Gasteiger partial charge >= 0.3 is 5.97 Å². The predicted octanol–water partition coefficient (Wildman–Crippen LogP) is 3.60. The van der Waals surface area contributed by atoms with Gasteiger partial charge in [-0.1, -0.05) is 13.3 Å². The van der Waals surface area contributed by atoms with Crippen LogP contribution >= 0.6 is 11.3 Å². The lowest BCUT2D eigenvalue weighted by Gasteiger charge is -2.02. The third-order valence-electron chi connectivity index (χ3n) is 3.30. The number of thiophene rings is 1. The molecule has 0 aliphatic carbocycles. The fourth-order valence-corrected chi connectivity index (χ4v) is 3.20. The summed E-state index contributed by atoms with van der Waals surface area (Å²) >= 11 is 1.43. The summed E-state index contributed by atoms with van der Waals surface area (Å²) in [6.07, 6.45) is 3.47. The topological polar surface area (TPSA) is 82.2 Å². The minimum atomic E-state index is -1.06. The number of hydrogen-bond acceptors (Lipinski definition) is 3. The van der Waals surface area contributed by atoms with Crippen molar-refractivity contribution < 1.29 is 14.7 Å². The Balaban J connectivity index is 2.22. The van der Waals surface area contributed by atoms with Crippen LogP contribution in [0.4, 0.5) is 5.69 Å². The molecule has 0 unspecified atom stereocenters. The third kappa shape index (κ3) is 3.16. The molecule has 0 saturated heterocycles. The molecule has 0 aromatic carbocycles. The molecule has 0 bridgehead atoms. The van der Waals surface area contributed by atoms with Crippen molar-refractivity contribution in [1.82, 2.24) is 4.98 Å². The van der Waals surface area contributed by atoms with Gasteiger partial charge < -0.3 is 15.4 Å². The average Bonchev–Trinajstić information content (AvgIpc) is 2.94. The summed E-state index contributed by atoms with van der Waals surface area (Å²) in [6, 6.07) is 1.89. The van der Waals surface area contributed by atoms with Crippen LogP contribution in [0.3, 0.4) is 0 Å². The van der Waals surface area contributed by atoms with Crippen molar-refractivity contribution in [2.45, 2.75) is 33.6 Å². The van der Waals surface area contributed by atoms with Crippen molar-refractivity contribution >= 4 is 28.9 Å². The van der Waals surface area contributed by atoms with Gasteiger partial charge in [0, 0.05) is 16.8 Å². The number of carbonyl (C=O) groups excluding carboxylic acids is 1. The van der Waals surface area contributed by atoms with Crippen LogP contribution < -0.4 is 5.32 Å². The molecule has 1 amide bonds. The molecule has 0 aliphatic rings. The number of carboxylic acid groups (broad SMARTS) is 1. The Labute approximate surface area is 127 Å². The second kappa shape index (κ2) is 6.13. The van der Waals surface area contributed by atoms with Crippen LogP contribution in [0.1, 0.15) is 49.5 Å². The van der Waals surface area contributed by atoms with Crippen molar-refractivity contribution in [3.63, 3.8) is 0 Å². The van der Waals surface area contributed by atoms with Crippen LogP contribution in [0.15, 0.2) is 12.3 Å². The summed E-state index contributed by atoms with van der Waals surface area (Å²) in [7, 11) is 0. The summed E-state index contributed by atoms with van der Waals surface area (Å²) in [4.78, 5) is 28.0. The van der Waals surface area contributed by atoms with Crippen LogP contribution in [0, 0.1) is 13.8 Å². The first-order chi connectivity index (χ1) is 9.93. The Bertz CT molecular complexity index is 685. The first kappa shape index (κ1) is 15.3. The Morgan fingerprint density at radius 1 is 1.38 bits per heavy atom. The lowest BCUT2D eigenvalue weighted by Crippen LogP contribution is -2.12. The monoisotopic (exact) mass is 306 g/mol. The van der Waals surface area contributed by atoms with E-state index in [1.54, 1.807) is 6.92 Å². The van der Waals surface area contributed by atoms with E-state index in [1.807, 2.05) is 13.0 Å². The minimum absolute atomic E-state index is 0.102. The molecule has 0 atom stereocenters. The highest BCUT2D eigenvalue weighted by atomic mass is 32.1. The molecule has 5 nitrogen and oxygen atoms in total. The minimum Gasteiger partial charge on any atom is -0.478 e. The number of carbonyl (C=O) groups is 2. The van der Waals surface area contributed by atoms with Crippen LogP contribution in [0.2, 0.25) is 0 Å². The van der Waals surface area contributed by atoms with Gasteiger partial charge in [-0.25, -0.2) is 4.79 Å². The second-order valence-corrected chi connectivity index (χ2v) is 6.16. The zero-order chi connectivity index (χ0) is 15.6. The van der Waals surface area contributed by atoms with Crippen LogP contribution in [0.5, 0.6) is 0 Å². The van der Waals surface area contributed by atoms with Gasteiger partial charge in [0.05, 0.1) is 10.6 Å². The molecule has 2 aromatic rings. The molecule has 112 valence electrons. The Hall–Kier alpha value is -2.08. The average molecular weight is 306 g/mol. The zero-order valence-corrected chi connectivity index (χ0v) is 13.1. The number of nitrogens with one attached hydrogen (secondary N) is 2. The largest absolute Gasteiger partial charge is 0.478 e. The first-order valence-corrected chi connectivity index (χ1v) is 7.57. The fourth-order valence-electron chi connectivity index (χ4n) is 2.23. The lowest BCUT2D eigenvalue weighted by molar-refractivity contribution is 0.0697. The molecule has 2 aromatic heterocycles. The van der Waals surface area contributed by atoms with Gasteiger partial charge in [-0.15, -0.1) is 11.3 Å². The lowest BCUT2D eigenvalue weighted by atomic mass is 10.1. The molecule has 2 heterocycles. The standard InChI is InChI=1S/C15H18N2O3S/c1-4-5-10-6-12(21-9(10)3)14(18)17-11-7-16-8(2)13(11)15(19)20/h6-7,16H,4-5H2,1-3H3,(H,17,18)(H,19,20). The van der Waals surface area contributed by atoms with E-state index >= 15 is 0 Å². The van der Waals surface area contributed by atoms with Crippen molar-refractivity contribution in [3.05, 3.63) is 38.8 Å². The number of aromatic carboxylic acids is 1. The molecule has 21 heavy (non-hydrogen) atoms. The number of aryl methyl sites for hydroxylation is 3. The molecular formula is C15H18N2O3S. The van der Waals surface area contributed by atoms with Crippen LogP contribution in [-0.4, -0.2) is 22.0 Å². The first-order valence-electron chi connectivity index (χ1n) is 6.76. The van der Waals surface area contributed by atoms with E-state index in [1.165, 1.54) is 23.1 Å². The maximum Gasteiger partial charge on any atom is 0.339 e. The molecule has 0 aliphatic heterocycles. The number of rotatable bonds is 5. The van der Waals surface area contributed by atoms with E-state index in [0.717, 1.165) is 17.7 Å². The molecule has 6 heteroatoms. The summed E-state index contributed by atoms with van der Waals surface area (Å²) in [6.45, 7) is 5.75.